The van der Waals surface area contributed by atoms with Gasteiger partial charge in [-0.25, -0.2) is 9.78 Å². The van der Waals surface area contributed by atoms with Crippen molar-refractivity contribution in [3.8, 4) is 0 Å². The van der Waals surface area contributed by atoms with E-state index in [1.807, 2.05) is 18.2 Å². The van der Waals surface area contributed by atoms with Gasteiger partial charge in [-0.15, -0.1) is 0 Å². The fraction of sp³-hybridized carbons (Fsp3) is 0.385. The lowest BCUT2D eigenvalue weighted by Gasteiger charge is -2.16. The second kappa shape index (κ2) is 6.05. The molecule has 0 radical (unpaired) electrons. The Labute approximate surface area is 106 Å². The Balaban J connectivity index is 1.89. The van der Waals surface area contributed by atoms with E-state index in [1.54, 1.807) is 0 Å². The van der Waals surface area contributed by atoms with Crippen LogP contribution in [0.3, 0.4) is 0 Å². The SMILES string of the molecule is O=C(O)NCCC=Cc1ccc2c(n1)NCCC2. The number of aromatic nitrogens is 1. The number of carboxylic acid groups (broad SMARTS) is 1. The molecular weight excluding hydrogens is 230 g/mol. The zero-order valence-electron chi connectivity index (χ0n) is 10.1. The zero-order chi connectivity index (χ0) is 12.8. The van der Waals surface area contributed by atoms with Gasteiger partial charge in [0, 0.05) is 13.1 Å². The number of amides is 1. The van der Waals surface area contributed by atoms with Crippen molar-refractivity contribution in [3.05, 3.63) is 29.5 Å². The Kier molecular flexibility index (Phi) is 4.17. The summed E-state index contributed by atoms with van der Waals surface area (Å²) in [6.07, 6.45) is 5.76. The fourth-order valence-electron chi connectivity index (χ4n) is 1.90. The summed E-state index contributed by atoms with van der Waals surface area (Å²) in [7, 11) is 0. The highest BCUT2D eigenvalue weighted by Crippen LogP contribution is 2.19. The van der Waals surface area contributed by atoms with Crippen molar-refractivity contribution in [2.24, 2.45) is 0 Å². The number of pyridine rings is 1. The van der Waals surface area contributed by atoms with Gasteiger partial charge in [0.15, 0.2) is 0 Å². The van der Waals surface area contributed by atoms with Gasteiger partial charge in [-0.05, 0) is 37.0 Å². The summed E-state index contributed by atoms with van der Waals surface area (Å²) in [5.41, 5.74) is 2.17. The summed E-state index contributed by atoms with van der Waals surface area (Å²) < 4.78 is 0. The second-order valence-corrected chi connectivity index (χ2v) is 4.20. The molecule has 0 spiro atoms. The number of carbonyl (C=O) groups is 1. The van der Waals surface area contributed by atoms with Gasteiger partial charge in [-0.1, -0.05) is 12.1 Å². The van der Waals surface area contributed by atoms with Crippen molar-refractivity contribution in [2.75, 3.05) is 18.4 Å². The topological polar surface area (TPSA) is 74.2 Å². The van der Waals surface area contributed by atoms with Crippen LogP contribution in [-0.4, -0.2) is 29.3 Å². The highest BCUT2D eigenvalue weighted by molar-refractivity contribution is 5.64. The molecule has 2 rings (SSSR count). The molecule has 1 aliphatic heterocycles. The minimum Gasteiger partial charge on any atom is -0.465 e. The largest absolute Gasteiger partial charge is 0.465 e. The van der Waals surface area contributed by atoms with E-state index in [9.17, 15) is 4.79 Å². The number of rotatable bonds is 4. The molecule has 0 fully saturated rings. The van der Waals surface area contributed by atoms with Crippen molar-refractivity contribution in [3.63, 3.8) is 0 Å². The van der Waals surface area contributed by atoms with Crippen LogP contribution in [0.4, 0.5) is 10.6 Å². The first-order valence-electron chi connectivity index (χ1n) is 6.13. The smallest absolute Gasteiger partial charge is 0.404 e. The highest BCUT2D eigenvalue weighted by Gasteiger charge is 2.08. The molecule has 0 saturated carbocycles. The number of aryl methyl sites for hydroxylation is 1. The Hall–Kier alpha value is -2.04. The van der Waals surface area contributed by atoms with Gasteiger partial charge in [0.05, 0.1) is 5.69 Å². The Bertz CT molecular complexity index is 458. The number of nitrogens with one attached hydrogen (secondary N) is 2. The molecule has 96 valence electrons. The number of fused-ring (bicyclic) bond motifs is 1. The summed E-state index contributed by atoms with van der Waals surface area (Å²) in [5, 5.41) is 14.0. The molecule has 3 N–H and O–H groups in total. The van der Waals surface area contributed by atoms with Crippen LogP contribution in [0.5, 0.6) is 0 Å². The molecule has 2 heterocycles. The summed E-state index contributed by atoms with van der Waals surface area (Å²) in [6, 6.07) is 4.09. The third kappa shape index (κ3) is 3.48. The van der Waals surface area contributed by atoms with Crippen molar-refractivity contribution in [1.82, 2.24) is 10.3 Å². The van der Waals surface area contributed by atoms with Gasteiger partial charge in [0.25, 0.3) is 0 Å². The summed E-state index contributed by atoms with van der Waals surface area (Å²) in [6.45, 7) is 1.41. The summed E-state index contributed by atoms with van der Waals surface area (Å²) >= 11 is 0. The standard InChI is InChI=1S/C13H17N3O2/c17-13(18)15-8-2-1-5-11-7-6-10-4-3-9-14-12(10)16-11/h1,5-7,15H,2-4,8-9H2,(H,14,16)(H,17,18). The predicted octanol–water partition coefficient (Wildman–Crippen LogP) is 2.11. The maximum atomic E-state index is 10.2. The first-order chi connectivity index (χ1) is 8.75. The lowest BCUT2D eigenvalue weighted by molar-refractivity contribution is 0.194. The molecule has 0 unspecified atom stereocenters. The molecule has 1 aliphatic rings. The monoisotopic (exact) mass is 247 g/mol. The number of hydrogen-bond donors (Lipinski definition) is 3. The molecule has 1 aromatic heterocycles. The number of hydrogen-bond acceptors (Lipinski definition) is 3. The molecule has 0 bridgehead atoms. The van der Waals surface area contributed by atoms with Crippen LogP contribution < -0.4 is 10.6 Å². The molecule has 5 heteroatoms. The van der Waals surface area contributed by atoms with Crippen LogP contribution in [0.2, 0.25) is 0 Å². The van der Waals surface area contributed by atoms with Crippen LogP contribution in [-0.2, 0) is 6.42 Å². The molecule has 0 aliphatic carbocycles. The van der Waals surface area contributed by atoms with Gasteiger partial charge in [-0.3, -0.25) is 0 Å². The van der Waals surface area contributed by atoms with E-state index in [-0.39, 0.29) is 0 Å². The molecule has 1 aromatic rings. The maximum Gasteiger partial charge on any atom is 0.404 e. The third-order valence-corrected chi connectivity index (χ3v) is 2.79. The molecule has 5 nitrogen and oxygen atoms in total. The van der Waals surface area contributed by atoms with E-state index >= 15 is 0 Å². The van der Waals surface area contributed by atoms with E-state index in [0.717, 1.165) is 30.9 Å². The van der Waals surface area contributed by atoms with Gasteiger partial charge in [0.1, 0.15) is 5.82 Å². The van der Waals surface area contributed by atoms with Crippen molar-refractivity contribution < 1.29 is 9.90 Å². The number of nitrogens with zero attached hydrogens (tertiary/aromatic N) is 1. The molecule has 18 heavy (non-hydrogen) atoms. The van der Waals surface area contributed by atoms with Crippen LogP contribution in [0.1, 0.15) is 24.1 Å². The molecule has 1 amide bonds. The third-order valence-electron chi connectivity index (χ3n) is 2.79. The van der Waals surface area contributed by atoms with Crippen LogP contribution >= 0.6 is 0 Å². The number of anilines is 1. The minimum atomic E-state index is -0.987. The molecule has 0 saturated heterocycles. The van der Waals surface area contributed by atoms with Gasteiger partial charge in [0.2, 0.25) is 0 Å². The Morgan fingerprint density at radius 2 is 2.44 bits per heavy atom. The van der Waals surface area contributed by atoms with E-state index in [4.69, 9.17) is 5.11 Å². The zero-order valence-corrected chi connectivity index (χ0v) is 10.1. The van der Waals surface area contributed by atoms with Crippen LogP contribution in [0.25, 0.3) is 6.08 Å². The van der Waals surface area contributed by atoms with Crippen molar-refractivity contribution >= 4 is 18.0 Å². The van der Waals surface area contributed by atoms with E-state index < -0.39 is 6.09 Å². The van der Waals surface area contributed by atoms with Gasteiger partial charge >= 0.3 is 6.09 Å². The fourth-order valence-corrected chi connectivity index (χ4v) is 1.90. The lowest BCUT2D eigenvalue weighted by Crippen LogP contribution is -2.21. The average molecular weight is 247 g/mol. The van der Waals surface area contributed by atoms with Gasteiger partial charge < -0.3 is 15.7 Å². The van der Waals surface area contributed by atoms with Gasteiger partial charge in [-0.2, -0.15) is 0 Å². The van der Waals surface area contributed by atoms with Crippen LogP contribution in [0.15, 0.2) is 18.2 Å². The predicted molar refractivity (Wildman–Crippen MR) is 70.7 cm³/mol. The first kappa shape index (κ1) is 12.4. The molecular formula is C13H17N3O2. The van der Waals surface area contributed by atoms with Crippen molar-refractivity contribution in [2.45, 2.75) is 19.3 Å². The van der Waals surface area contributed by atoms with E-state index in [1.165, 1.54) is 5.56 Å². The summed E-state index contributed by atoms with van der Waals surface area (Å²) in [4.78, 5) is 14.7. The average Bonchev–Trinajstić information content (AvgIpc) is 2.38. The molecule has 0 atom stereocenters. The maximum absolute atomic E-state index is 10.2. The highest BCUT2D eigenvalue weighted by atomic mass is 16.4. The van der Waals surface area contributed by atoms with E-state index in [2.05, 4.69) is 21.7 Å². The molecule has 0 aromatic carbocycles. The first-order valence-corrected chi connectivity index (χ1v) is 6.13. The van der Waals surface area contributed by atoms with Crippen LogP contribution in [0, 0.1) is 0 Å². The van der Waals surface area contributed by atoms with E-state index in [0.29, 0.717) is 13.0 Å². The minimum absolute atomic E-state index is 0.426. The quantitative estimate of drug-likeness (QED) is 0.712. The Morgan fingerprint density at radius 3 is 3.28 bits per heavy atom. The normalized spacial score (nSPS) is 14.0. The lowest BCUT2D eigenvalue weighted by atomic mass is 10.1. The Morgan fingerprint density at radius 1 is 1.56 bits per heavy atom. The summed E-state index contributed by atoms with van der Waals surface area (Å²) in [5.74, 6) is 0.979. The second-order valence-electron chi connectivity index (χ2n) is 4.20. The van der Waals surface area contributed by atoms with Crippen molar-refractivity contribution in [1.29, 1.82) is 0 Å².